The largest absolute Gasteiger partial charge is 0.294 e. The summed E-state index contributed by atoms with van der Waals surface area (Å²) < 4.78 is 0. The first-order valence-corrected chi connectivity index (χ1v) is 4.32. The summed E-state index contributed by atoms with van der Waals surface area (Å²) in [5, 5.41) is 0. The molecule has 0 amide bonds. The number of carbonyl (C=O) groups is 1. The lowest BCUT2D eigenvalue weighted by Crippen LogP contribution is -2.32. The second kappa shape index (κ2) is 1.77. The van der Waals surface area contributed by atoms with Crippen molar-refractivity contribution < 1.29 is 4.79 Å². The van der Waals surface area contributed by atoms with E-state index in [1.54, 1.807) is 6.08 Å². The van der Waals surface area contributed by atoms with Gasteiger partial charge in [0.1, 0.15) is 0 Å². The van der Waals surface area contributed by atoms with Crippen LogP contribution in [0.1, 0.15) is 33.1 Å². The average molecular weight is 150 g/mol. The van der Waals surface area contributed by atoms with Gasteiger partial charge in [0.15, 0.2) is 5.78 Å². The van der Waals surface area contributed by atoms with E-state index >= 15 is 0 Å². The van der Waals surface area contributed by atoms with Gasteiger partial charge in [-0.3, -0.25) is 4.79 Å². The predicted octanol–water partition coefficient (Wildman–Crippen LogP) is 2.32. The highest BCUT2D eigenvalue weighted by atomic mass is 16.1. The van der Waals surface area contributed by atoms with Crippen LogP contribution in [0.5, 0.6) is 0 Å². The van der Waals surface area contributed by atoms with E-state index in [0.717, 1.165) is 6.42 Å². The number of fused-ring (bicyclic) bond motifs is 1. The Morgan fingerprint density at radius 2 is 2.09 bits per heavy atom. The van der Waals surface area contributed by atoms with Gasteiger partial charge in [-0.25, -0.2) is 0 Å². The van der Waals surface area contributed by atoms with E-state index < -0.39 is 0 Å². The van der Waals surface area contributed by atoms with Gasteiger partial charge in [0.05, 0.1) is 0 Å². The number of carbonyl (C=O) groups excluding carboxylic acids is 1. The molecule has 0 aromatic rings. The minimum Gasteiger partial charge on any atom is -0.294 e. The van der Waals surface area contributed by atoms with Crippen molar-refractivity contribution in [2.45, 2.75) is 33.1 Å². The Morgan fingerprint density at radius 3 is 2.73 bits per heavy atom. The third kappa shape index (κ3) is 0.640. The molecule has 1 nitrogen and oxygen atoms in total. The van der Waals surface area contributed by atoms with Gasteiger partial charge >= 0.3 is 0 Å². The third-order valence-corrected chi connectivity index (χ3v) is 3.78. The van der Waals surface area contributed by atoms with Crippen molar-refractivity contribution >= 4 is 5.78 Å². The standard InChI is InChI=1S/C10H14O/c1-9-5-3-6-10(9,2)8(11)4-7-9/h4,7H,3,5-6H2,1-2H3. The summed E-state index contributed by atoms with van der Waals surface area (Å²) in [6.45, 7) is 4.32. The fourth-order valence-corrected chi connectivity index (χ4v) is 2.49. The van der Waals surface area contributed by atoms with Gasteiger partial charge in [-0.2, -0.15) is 0 Å². The van der Waals surface area contributed by atoms with E-state index in [0.29, 0.717) is 5.78 Å². The molecular weight excluding hydrogens is 136 g/mol. The number of allylic oxidation sites excluding steroid dienone is 2. The van der Waals surface area contributed by atoms with Gasteiger partial charge in [0, 0.05) is 5.41 Å². The Kier molecular flexibility index (Phi) is 1.14. The lowest BCUT2D eigenvalue weighted by Gasteiger charge is -2.31. The van der Waals surface area contributed by atoms with Crippen molar-refractivity contribution in [1.82, 2.24) is 0 Å². The second-order valence-corrected chi connectivity index (χ2v) is 4.30. The van der Waals surface area contributed by atoms with Gasteiger partial charge in [-0.15, -0.1) is 0 Å². The van der Waals surface area contributed by atoms with Crippen molar-refractivity contribution in [3.05, 3.63) is 12.2 Å². The molecule has 2 aliphatic rings. The fraction of sp³-hybridized carbons (Fsp3) is 0.700. The molecule has 1 heteroatoms. The van der Waals surface area contributed by atoms with Gasteiger partial charge in [0.25, 0.3) is 0 Å². The van der Waals surface area contributed by atoms with Crippen LogP contribution in [0.2, 0.25) is 0 Å². The maximum atomic E-state index is 11.5. The molecule has 60 valence electrons. The van der Waals surface area contributed by atoms with Crippen LogP contribution in [0.25, 0.3) is 0 Å². The van der Waals surface area contributed by atoms with Gasteiger partial charge in [0.2, 0.25) is 0 Å². The molecule has 2 rings (SSSR count). The van der Waals surface area contributed by atoms with Gasteiger partial charge in [-0.05, 0) is 24.3 Å². The molecule has 0 aromatic heterocycles. The van der Waals surface area contributed by atoms with Crippen LogP contribution in [-0.4, -0.2) is 5.78 Å². The van der Waals surface area contributed by atoms with E-state index in [1.807, 2.05) is 0 Å². The van der Waals surface area contributed by atoms with Crippen LogP contribution in [0, 0.1) is 10.8 Å². The molecule has 0 heterocycles. The molecule has 0 N–H and O–H groups in total. The van der Waals surface area contributed by atoms with E-state index in [1.165, 1.54) is 12.8 Å². The minimum atomic E-state index is -0.0486. The summed E-state index contributed by atoms with van der Waals surface area (Å²) >= 11 is 0. The number of ketones is 1. The molecule has 0 radical (unpaired) electrons. The summed E-state index contributed by atoms with van der Waals surface area (Å²) in [7, 11) is 0. The highest BCUT2D eigenvalue weighted by Crippen LogP contribution is 2.57. The van der Waals surface area contributed by atoms with E-state index in [4.69, 9.17) is 0 Å². The average Bonchev–Trinajstić information content (AvgIpc) is 2.34. The molecule has 0 aliphatic heterocycles. The van der Waals surface area contributed by atoms with E-state index in [-0.39, 0.29) is 10.8 Å². The van der Waals surface area contributed by atoms with Crippen LogP contribution < -0.4 is 0 Å². The van der Waals surface area contributed by atoms with Crippen molar-refractivity contribution in [2.24, 2.45) is 10.8 Å². The Labute approximate surface area is 67.5 Å². The van der Waals surface area contributed by atoms with Crippen LogP contribution in [0.15, 0.2) is 12.2 Å². The van der Waals surface area contributed by atoms with Crippen LogP contribution in [0.4, 0.5) is 0 Å². The number of rotatable bonds is 0. The fourth-order valence-electron chi connectivity index (χ4n) is 2.49. The van der Waals surface area contributed by atoms with Crippen molar-refractivity contribution in [2.75, 3.05) is 0 Å². The van der Waals surface area contributed by atoms with Crippen LogP contribution in [0.3, 0.4) is 0 Å². The molecule has 0 saturated heterocycles. The SMILES string of the molecule is CC12C=CC(=O)C1(C)CCC2. The molecule has 0 aromatic carbocycles. The molecule has 1 saturated carbocycles. The van der Waals surface area contributed by atoms with Gasteiger partial charge < -0.3 is 0 Å². The predicted molar refractivity (Wildman–Crippen MR) is 44.2 cm³/mol. The highest BCUT2D eigenvalue weighted by Gasteiger charge is 2.53. The molecule has 11 heavy (non-hydrogen) atoms. The lowest BCUT2D eigenvalue weighted by molar-refractivity contribution is -0.124. The normalized spacial score (nSPS) is 48.4. The van der Waals surface area contributed by atoms with Crippen LogP contribution >= 0.6 is 0 Å². The summed E-state index contributed by atoms with van der Waals surface area (Å²) in [5.74, 6) is 0.345. The lowest BCUT2D eigenvalue weighted by atomic mass is 9.70. The molecule has 2 aliphatic carbocycles. The zero-order valence-corrected chi connectivity index (χ0v) is 7.18. The van der Waals surface area contributed by atoms with Crippen LogP contribution in [-0.2, 0) is 4.79 Å². The summed E-state index contributed by atoms with van der Waals surface area (Å²) in [6.07, 6.45) is 7.37. The maximum Gasteiger partial charge on any atom is 0.162 e. The quantitative estimate of drug-likeness (QED) is 0.518. The number of hydrogen-bond acceptors (Lipinski definition) is 1. The third-order valence-electron chi connectivity index (χ3n) is 3.78. The highest BCUT2D eigenvalue weighted by molar-refractivity contribution is 5.98. The first-order chi connectivity index (χ1) is 5.08. The molecule has 1 fully saturated rings. The number of hydrogen-bond donors (Lipinski definition) is 0. The first-order valence-electron chi connectivity index (χ1n) is 4.32. The van der Waals surface area contributed by atoms with Gasteiger partial charge in [-0.1, -0.05) is 26.3 Å². The first kappa shape index (κ1) is 7.08. The van der Waals surface area contributed by atoms with E-state index in [2.05, 4.69) is 19.9 Å². The van der Waals surface area contributed by atoms with E-state index in [9.17, 15) is 4.79 Å². The zero-order valence-electron chi connectivity index (χ0n) is 7.18. The van der Waals surface area contributed by atoms with Crippen molar-refractivity contribution in [1.29, 1.82) is 0 Å². The molecule has 0 spiro atoms. The zero-order chi connectivity index (χ0) is 8.11. The monoisotopic (exact) mass is 150 g/mol. The van der Waals surface area contributed by atoms with Crippen molar-refractivity contribution in [3.63, 3.8) is 0 Å². The molecule has 2 unspecified atom stereocenters. The second-order valence-electron chi connectivity index (χ2n) is 4.30. The maximum absolute atomic E-state index is 11.5. The topological polar surface area (TPSA) is 17.1 Å². The minimum absolute atomic E-state index is 0.0486. The Bertz CT molecular complexity index is 241. The van der Waals surface area contributed by atoms with Crippen molar-refractivity contribution in [3.8, 4) is 0 Å². The Balaban J connectivity index is 2.48. The Morgan fingerprint density at radius 1 is 1.36 bits per heavy atom. The smallest absolute Gasteiger partial charge is 0.162 e. The summed E-state index contributed by atoms with van der Waals surface area (Å²) in [5.41, 5.74) is 0.136. The molecular formula is C10H14O. The molecule has 0 bridgehead atoms. The molecule has 2 atom stereocenters. The summed E-state index contributed by atoms with van der Waals surface area (Å²) in [4.78, 5) is 11.5. The Hall–Kier alpha value is -0.590. The summed E-state index contributed by atoms with van der Waals surface area (Å²) in [6, 6.07) is 0.